The van der Waals surface area contributed by atoms with Crippen molar-refractivity contribution in [1.29, 1.82) is 0 Å². The van der Waals surface area contributed by atoms with E-state index in [-0.39, 0.29) is 6.10 Å². The lowest BCUT2D eigenvalue weighted by Crippen LogP contribution is -2.26. The van der Waals surface area contributed by atoms with Gasteiger partial charge in [-0.25, -0.2) is 9.67 Å². The summed E-state index contributed by atoms with van der Waals surface area (Å²) in [5.41, 5.74) is 3.66. The maximum Gasteiger partial charge on any atom is 0.257 e. The molecule has 2 aliphatic rings. The maximum atomic E-state index is 6.06. The van der Waals surface area contributed by atoms with E-state index in [1.54, 1.807) is 0 Å². The zero-order chi connectivity index (χ0) is 19.3. The molecule has 28 heavy (non-hydrogen) atoms. The summed E-state index contributed by atoms with van der Waals surface area (Å²) in [6, 6.07) is 0.307. The molecule has 3 aromatic rings. The van der Waals surface area contributed by atoms with Gasteiger partial charge in [-0.1, -0.05) is 0 Å². The van der Waals surface area contributed by atoms with Gasteiger partial charge in [0.2, 0.25) is 5.95 Å². The normalized spacial score (nSPS) is 22.4. The molecule has 148 valence electrons. The van der Waals surface area contributed by atoms with E-state index in [4.69, 9.17) is 19.6 Å². The zero-order valence-electron chi connectivity index (χ0n) is 16.5. The van der Waals surface area contributed by atoms with Crippen molar-refractivity contribution < 1.29 is 9.47 Å². The van der Waals surface area contributed by atoms with E-state index in [1.807, 2.05) is 17.8 Å². The third kappa shape index (κ3) is 2.90. The number of ether oxygens (including phenoxy) is 2. The Balaban J connectivity index is 1.56. The maximum absolute atomic E-state index is 6.06. The third-order valence-electron chi connectivity index (χ3n) is 5.58. The molecular formula is C19H25N7O2. The molecule has 1 fully saturated rings. The zero-order valence-corrected chi connectivity index (χ0v) is 16.5. The van der Waals surface area contributed by atoms with E-state index in [9.17, 15) is 0 Å². The van der Waals surface area contributed by atoms with Crippen LogP contribution in [0.5, 0.6) is 5.88 Å². The molecule has 1 N–H and O–H groups in total. The molecule has 3 aromatic heterocycles. The van der Waals surface area contributed by atoms with Gasteiger partial charge in [-0.15, -0.1) is 5.10 Å². The Morgan fingerprint density at radius 2 is 2.11 bits per heavy atom. The second-order valence-electron chi connectivity index (χ2n) is 7.64. The van der Waals surface area contributed by atoms with Crippen molar-refractivity contribution in [3.63, 3.8) is 0 Å². The molecule has 0 unspecified atom stereocenters. The number of aryl methyl sites for hydroxylation is 2. The van der Waals surface area contributed by atoms with Gasteiger partial charge in [0.1, 0.15) is 5.69 Å². The van der Waals surface area contributed by atoms with Crippen molar-refractivity contribution in [2.24, 2.45) is 0 Å². The summed E-state index contributed by atoms with van der Waals surface area (Å²) in [7, 11) is 0. The Labute approximate surface area is 163 Å². The fraction of sp³-hybridized carbons (Fsp3) is 0.579. The van der Waals surface area contributed by atoms with Crippen LogP contribution in [0.3, 0.4) is 0 Å². The van der Waals surface area contributed by atoms with Crippen LogP contribution in [0, 0.1) is 13.8 Å². The summed E-state index contributed by atoms with van der Waals surface area (Å²) in [6.07, 6.45) is 4.80. The Morgan fingerprint density at radius 1 is 1.21 bits per heavy atom. The van der Waals surface area contributed by atoms with Crippen LogP contribution in [0.25, 0.3) is 11.0 Å². The molecule has 0 aliphatic carbocycles. The number of hydrogen-bond acceptors (Lipinski definition) is 7. The number of nitrogens with one attached hydrogen (secondary N) is 1. The number of nitrogens with zero attached hydrogens (tertiary/aromatic N) is 6. The first-order valence-electron chi connectivity index (χ1n) is 9.91. The summed E-state index contributed by atoms with van der Waals surface area (Å²) < 4.78 is 15.8. The molecule has 2 aliphatic heterocycles. The van der Waals surface area contributed by atoms with Gasteiger partial charge in [0.25, 0.3) is 5.88 Å². The van der Waals surface area contributed by atoms with Crippen LogP contribution in [0.15, 0.2) is 6.20 Å². The standard InChI is InChI=1S/C19H25N7O2/c1-11-9-14(5-8-27-11)26-13(3)16-18(24-26)28-7-4-6-25-17-15(12(2)23-25)10-20-19(21-16)22-17/h10-11,14H,4-9H2,1-3H3,(H,20,21,22)/t11-,14-/m1/s1. The molecule has 9 heteroatoms. The van der Waals surface area contributed by atoms with E-state index in [0.29, 0.717) is 24.5 Å². The van der Waals surface area contributed by atoms with Gasteiger partial charge in [-0.3, -0.25) is 4.68 Å². The fourth-order valence-electron chi connectivity index (χ4n) is 4.11. The second kappa shape index (κ2) is 6.73. The van der Waals surface area contributed by atoms with Crippen LogP contribution in [0.2, 0.25) is 0 Å². The average Bonchev–Trinajstić information content (AvgIpc) is 3.16. The van der Waals surface area contributed by atoms with Gasteiger partial charge >= 0.3 is 0 Å². The number of fused-ring (bicyclic) bond motifs is 2. The fourth-order valence-corrected chi connectivity index (χ4v) is 4.11. The van der Waals surface area contributed by atoms with Crippen molar-refractivity contribution >= 4 is 22.7 Å². The van der Waals surface area contributed by atoms with E-state index in [1.165, 1.54) is 0 Å². The summed E-state index contributed by atoms with van der Waals surface area (Å²) >= 11 is 0. The molecule has 1 saturated heterocycles. The molecule has 5 heterocycles. The minimum Gasteiger partial charge on any atom is -0.475 e. The Morgan fingerprint density at radius 3 is 2.96 bits per heavy atom. The van der Waals surface area contributed by atoms with E-state index in [2.05, 4.69) is 33.9 Å². The number of hydrogen-bond donors (Lipinski definition) is 1. The first-order valence-corrected chi connectivity index (χ1v) is 9.91. The van der Waals surface area contributed by atoms with E-state index in [0.717, 1.165) is 60.5 Å². The SMILES string of the molecule is Cc1nn2c3nc(ncc13)Nc1c(nn([C@@H]3CCO[C@H](C)C3)c1C)OCCC2. The van der Waals surface area contributed by atoms with Crippen molar-refractivity contribution in [3.8, 4) is 5.88 Å². The summed E-state index contributed by atoms with van der Waals surface area (Å²) in [5.74, 6) is 1.14. The number of rotatable bonds is 1. The molecule has 0 radical (unpaired) electrons. The molecular weight excluding hydrogens is 358 g/mol. The molecule has 0 aromatic carbocycles. The van der Waals surface area contributed by atoms with Crippen LogP contribution in [0.1, 0.15) is 43.6 Å². The highest BCUT2D eigenvalue weighted by Crippen LogP contribution is 2.35. The smallest absolute Gasteiger partial charge is 0.257 e. The van der Waals surface area contributed by atoms with Gasteiger partial charge in [0.05, 0.1) is 35.5 Å². The molecule has 0 amide bonds. The van der Waals surface area contributed by atoms with Gasteiger partial charge < -0.3 is 14.8 Å². The van der Waals surface area contributed by atoms with E-state index < -0.39 is 0 Å². The molecule has 2 atom stereocenters. The largest absolute Gasteiger partial charge is 0.475 e. The van der Waals surface area contributed by atoms with E-state index >= 15 is 0 Å². The highest BCUT2D eigenvalue weighted by atomic mass is 16.5. The van der Waals surface area contributed by atoms with Crippen molar-refractivity contribution in [2.45, 2.75) is 58.7 Å². The Kier molecular flexibility index (Phi) is 4.19. The van der Waals surface area contributed by atoms with Gasteiger partial charge in [-0.2, -0.15) is 10.1 Å². The van der Waals surface area contributed by atoms with Gasteiger partial charge in [0.15, 0.2) is 5.65 Å². The number of anilines is 2. The van der Waals surface area contributed by atoms with Crippen LogP contribution < -0.4 is 10.1 Å². The number of aromatic nitrogens is 6. The summed E-state index contributed by atoms with van der Waals surface area (Å²) in [6.45, 7) is 8.23. The third-order valence-corrected chi connectivity index (χ3v) is 5.58. The Hall–Kier alpha value is -2.68. The van der Waals surface area contributed by atoms with Crippen molar-refractivity contribution in [2.75, 3.05) is 18.5 Å². The molecule has 0 saturated carbocycles. The second-order valence-corrected chi connectivity index (χ2v) is 7.64. The lowest BCUT2D eigenvalue weighted by molar-refractivity contribution is 0.00288. The molecule has 0 spiro atoms. The highest BCUT2D eigenvalue weighted by molar-refractivity contribution is 5.79. The van der Waals surface area contributed by atoms with Crippen molar-refractivity contribution in [1.82, 2.24) is 29.5 Å². The summed E-state index contributed by atoms with van der Waals surface area (Å²) in [5, 5.41) is 13.7. The van der Waals surface area contributed by atoms with Gasteiger partial charge in [-0.05, 0) is 33.6 Å². The molecule has 2 bridgehead atoms. The topological polar surface area (TPSA) is 91.9 Å². The van der Waals surface area contributed by atoms with Crippen LogP contribution in [-0.2, 0) is 11.3 Å². The quantitative estimate of drug-likeness (QED) is 0.691. The van der Waals surface area contributed by atoms with Crippen molar-refractivity contribution in [3.05, 3.63) is 17.6 Å². The first-order chi connectivity index (χ1) is 13.6. The first kappa shape index (κ1) is 17.4. The minimum absolute atomic E-state index is 0.239. The highest BCUT2D eigenvalue weighted by Gasteiger charge is 2.27. The van der Waals surface area contributed by atoms with Gasteiger partial charge in [0, 0.05) is 25.8 Å². The Bertz CT molecular complexity index is 1030. The lowest BCUT2D eigenvalue weighted by atomic mass is 10.0. The van der Waals surface area contributed by atoms with Crippen LogP contribution in [0.4, 0.5) is 11.6 Å². The predicted octanol–water partition coefficient (Wildman–Crippen LogP) is 2.91. The molecule has 5 rings (SSSR count). The lowest BCUT2D eigenvalue weighted by Gasteiger charge is -2.28. The average molecular weight is 383 g/mol. The van der Waals surface area contributed by atoms with Crippen LogP contribution >= 0.6 is 0 Å². The monoisotopic (exact) mass is 383 g/mol. The molecule has 9 nitrogen and oxygen atoms in total. The minimum atomic E-state index is 0.239. The van der Waals surface area contributed by atoms with Crippen LogP contribution in [-0.4, -0.2) is 48.8 Å². The summed E-state index contributed by atoms with van der Waals surface area (Å²) in [4.78, 5) is 9.21. The predicted molar refractivity (Wildman–Crippen MR) is 104 cm³/mol.